The summed E-state index contributed by atoms with van der Waals surface area (Å²) >= 11 is 0. The SMILES string of the molecule is CCc1c(C)nc2n(c1=O)CN(Cc1ccc(C)cc1)CN2c1ccc(C)cc1C. The molecule has 2 heterocycles. The maximum absolute atomic E-state index is 13.3. The fraction of sp³-hybridized carbons (Fsp3) is 0.360. The summed E-state index contributed by atoms with van der Waals surface area (Å²) in [5, 5.41) is 0. The smallest absolute Gasteiger partial charge is 0.259 e. The molecule has 5 nitrogen and oxygen atoms in total. The summed E-state index contributed by atoms with van der Waals surface area (Å²) in [5.41, 5.74) is 7.71. The lowest BCUT2D eigenvalue weighted by molar-refractivity contribution is 0.189. The highest BCUT2D eigenvalue weighted by molar-refractivity contribution is 5.63. The van der Waals surface area contributed by atoms with E-state index >= 15 is 0 Å². The van der Waals surface area contributed by atoms with Gasteiger partial charge >= 0.3 is 0 Å². The third-order valence-electron chi connectivity index (χ3n) is 5.90. The summed E-state index contributed by atoms with van der Waals surface area (Å²) in [7, 11) is 0. The van der Waals surface area contributed by atoms with Crippen molar-refractivity contribution in [2.24, 2.45) is 0 Å². The van der Waals surface area contributed by atoms with E-state index in [1.54, 1.807) is 0 Å². The summed E-state index contributed by atoms with van der Waals surface area (Å²) in [6.45, 7) is 12.3. The lowest BCUT2D eigenvalue weighted by atomic mass is 10.1. The highest BCUT2D eigenvalue weighted by Gasteiger charge is 2.28. The van der Waals surface area contributed by atoms with Crippen molar-refractivity contribution < 1.29 is 0 Å². The number of hydrogen-bond acceptors (Lipinski definition) is 4. The summed E-state index contributed by atoms with van der Waals surface area (Å²) < 4.78 is 1.84. The number of rotatable bonds is 4. The molecule has 1 aromatic heterocycles. The van der Waals surface area contributed by atoms with Gasteiger partial charge in [-0.05, 0) is 51.3 Å². The van der Waals surface area contributed by atoms with Crippen LogP contribution in [-0.4, -0.2) is 21.1 Å². The first-order valence-corrected chi connectivity index (χ1v) is 10.6. The van der Waals surface area contributed by atoms with Gasteiger partial charge in [-0.15, -0.1) is 0 Å². The van der Waals surface area contributed by atoms with Gasteiger partial charge in [-0.1, -0.05) is 54.4 Å². The topological polar surface area (TPSA) is 41.4 Å². The van der Waals surface area contributed by atoms with Crippen LogP contribution in [0.25, 0.3) is 0 Å². The maximum Gasteiger partial charge on any atom is 0.259 e. The van der Waals surface area contributed by atoms with Gasteiger partial charge in [0.05, 0.1) is 13.3 Å². The summed E-state index contributed by atoms with van der Waals surface area (Å²) in [5.74, 6) is 0.738. The molecule has 0 fully saturated rings. The van der Waals surface area contributed by atoms with Gasteiger partial charge in [0.1, 0.15) is 0 Å². The normalized spacial score (nSPS) is 14.1. The standard InChI is InChI=1S/C25H30N4O/c1-6-22-20(5)26-25-28(23-12-9-18(3)13-19(23)4)15-27(16-29(25)24(22)30)14-21-10-7-17(2)8-11-21/h7-13H,6,14-16H2,1-5H3. The van der Waals surface area contributed by atoms with Crippen molar-refractivity contribution >= 4 is 11.6 Å². The minimum absolute atomic E-state index is 0.0726. The zero-order valence-corrected chi connectivity index (χ0v) is 18.6. The Hall–Kier alpha value is -2.92. The van der Waals surface area contributed by atoms with Crippen molar-refractivity contribution in [1.82, 2.24) is 14.5 Å². The maximum atomic E-state index is 13.3. The largest absolute Gasteiger partial charge is 0.298 e. The minimum atomic E-state index is 0.0726. The molecule has 1 aliphatic heterocycles. The van der Waals surface area contributed by atoms with E-state index in [9.17, 15) is 4.79 Å². The highest BCUT2D eigenvalue weighted by atomic mass is 16.1. The van der Waals surface area contributed by atoms with Crippen molar-refractivity contribution in [2.75, 3.05) is 11.6 Å². The second-order valence-electron chi connectivity index (χ2n) is 8.38. The van der Waals surface area contributed by atoms with Gasteiger partial charge in [0.2, 0.25) is 5.95 Å². The third-order valence-corrected chi connectivity index (χ3v) is 5.90. The minimum Gasteiger partial charge on any atom is -0.298 e. The lowest BCUT2D eigenvalue weighted by Crippen LogP contribution is -2.47. The molecule has 0 saturated carbocycles. The number of anilines is 2. The van der Waals surface area contributed by atoms with Crippen LogP contribution in [-0.2, 0) is 19.6 Å². The van der Waals surface area contributed by atoms with Crippen LogP contribution < -0.4 is 10.5 Å². The van der Waals surface area contributed by atoms with Crippen molar-refractivity contribution in [3.8, 4) is 0 Å². The van der Waals surface area contributed by atoms with Crippen LogP contribution in [0.1, 0.15) is 40.4 Å². The van der Waals surface area contributed by atoms with Gasteiger partial charge in [0.25, 0.3) is 5.56 Å². The molecular weight excluding hydrogens is 372 g/mol. The first kappa shape index (κ1) is 20.4. The molecule has 0 saturated heterocycles. The Balaban J connectivity index is 1.80. The Bertz CT molecular complexity index is 1130. The fourth-order valence-corrected chi connectivity index (χ4v) is 4.28. The molecule has 1 aliphatic rings. The molecule has 0 atom stereocenters. The molecule has 0 aliphatic carbocycles. The van der Waals surface area contributed by atoms with Crippen molar-refractivity contribution in [3.63, 3.8) is 0 Å². The Morgan fingerprint density at radius 3 is 2.30 bits per heavy atom. The average molecular weight is 403 g/mol. The number of fused-ring (bicyclic) bond motifs is 1. The number of nitrogens with zero attached hydrogens (tertiary/aromatic N) is 4. The van der Waals surface area contributed by atoms with Crippen LogP contribution in [0.3, 0.4) is 0 Å². The van der Waals surface area contributed by atoms with E-state index < -0.39 is 0 Å². The van der Waals surface area contributed by atoms with E-state index in [1.807, 2.05) is 18.4 Å². The van der Waals surface area contributed by atoms with Crippen molar-refractivity contribution in [2.45, 2.75) is 54.3 Å². The van der Waals surface area contributed by atoms with Crippen LogP contribution in [0.5, 0.6) is 0 Å². The monoisotopic (exact) mass is 402 g/mol. The highest BCUT2D eigenvalue weighted by Crippen LogP contribution is 2.31. The molecule has 2 aromatic carbocycles. The number of aryl methyl sites for hydroxylation is 4. The molecule has 0 unspecified atom stereocenters. The Morgan fingerprint density at radius 1 is 0.933 bits per heavy atom. The molecule has 0 spiro atoms. The lowest BCUT2D eigenvalue weighted by Gasteiger charge is -2.39. The van der Waals surface area contributed by atoms with Crippen LogP contribution in [0, 0.1) is 27.7 Å². The molecule has 156 valence electrons. The second-order valence-corrected chi connectivity index (χ2v) is 8.38. The van der Waals surface area contributed by atoms with Gasteiger partial charge in [-0.25, -0.2) is 4.98 Å². The summed E-state index contributed by atoms with van der Waals surface area (Å²) in [6, 6.07) is 15.1. The Labute approximate surface area is 178 Å². The second kappa shape index (κ2) is 8.07. The first-order chi connectivity index (χ1) is 14.4. The van der Waals surface area contributed by atoms with Crippen LogP contribution >= 0.6 is 0 Å². The van der Waals surface area contributed by atoms with E-state index in [0.29, 0.717) is 19.8 Å². The van der Waals surface area contributed by atoms with Gasteiger partial charge in [0.15, 0.2) is 0 Å². The van der Waals surface area contributed by atoms with Gasteiger partial charge < -0.3 is 0 Å². The zero-order valence-electron chi connectivity index (χ0n) is 18.6. The molecule has 0 radical (unpaired) electrons. The van der Waals surface area contributed by atoms with Crippen molar-refractivity contribution in [1.29, 1.82) is 0 Å². The molecule has 0 bridgehead atoms. The molecule has 5 heteroatoms. The average Bonchev–Trinajstić information content (AvgIpc) is 2.70. The molecule has 4 rings (SSSR count). The first-order valence-electron chi connectivity index (χ1n) is 10.6. The Kier molecular flexibility index (Phi) is 5.48. The molecular formula is C25H30N4O. The van der Waals surface area contributed by atoms with Gasteiger partial charge in [-0.3, -0.25) is 19.2 Å². The molecule has 0 amide bonds. The van der Waals surface area contributed by atoms with Crippen molar-refractivity contribution in [3.05, 3.63) is 86.3 Å². The van der Waals surface area contributed by atoms with E-state index in [2.05, 4.69) is 73.0 Å². The van der Waals surface area contributed by atoms with Gasteiger partial charge in [0, 0.05) is 23.5 Å². The molecule has 0 N–H and O–H groups in total. The summed E-state index contributed by atoms with van der Waals surface area (Å²) in [6.07, 6.45) is 0.694. The van der Waals surface area contributed by atoms with Crippen LogP contribution in [0.15, 0.2) is 47.3 Å². The van der Waals surface area contributed by atoms with E-state index in [1.165, 1.54) is 22.3 Å². The molecule has 30 heavy (non-hydrogen) atoms. The van der Waals surface area contributed by atoms with Crippen LogP contribution in [0.4, 0.5) is 11.6 Å². The zero-order chi connectivity index (χ0) is 21.4. The van der Waals surface area contributed by atoms with Gasteiger partial charge in [-0.2, -0.15) is 0 Å². The molecule has 3 aromatic rings. The fourth-order valence-electron chi connectivity index (χ4n) is 4.28. The number of benzene rings is 2. The predicted octanol–water partition coefficient (Wildman–Crippen LogP) is 4.61. The van der Waals surface area contributed by atoms with Crippen LogP contribution in [0.2, 0.25) is 0 Å². The summed E-state index contributed by atoms with van der Waals surface area (Å²) in [4.78, 5) is 22.7. The quantitative estimate of drug-likeness (QED) is 0.639. The van der Waals surface area contributed by atoms with E-state index in [0.717, 1.165) is 29.4 Å². The predicted molar refractivity (Wildman–Crippen MR) is 122 cm³/mol. The third kappa shape index (κ3) is 3.77. The number of hydrogen-bond donors (Lipinski definition) is 0. The Morgan fingerprint density at radius 2 is 1.63 bits per heavy atom. The van der Waals surface area contributed by atoms with E-state index in [4.69, 9.17) is 4.98 Å². The van der Waals surface area contributed by atoms with E-state index in [-0.39, 0.29) is 5.56 Å². The number of aromatic nitrogens is 2.